The van der Waals surface area contributed by atoms with Gasteiger partial charge in [-0.3, -0.25) is 4.90 Å². The number of thiazole rings is 1. The molecule has 5 nitrogen and oxygen atoms in total. The van der Waals surface area contributed by atoms with E-state index in [1.165, 1.54) is 11.3 Å². The van der Waals surface area contributed by atoms with Crippen molar-refractivity contribution in [2.75, 3.05) is 23.4 Å². The van der Waals surface area contributed by atoms with Crippen LogP contribution in [0, 0.1) is 0 Å². The van der Waals surface area contributed by atoms with E-state index in [0.717, 1.165) is 16.3 Å². The molecular formula is C13H12ClN3O2S. The second-order valence-corrected chi connectivity index (χ2v) is 5.91. The Hall–Kier alpha value is -1.79. The van der Waals surface area contributed by atoms with Crippen LogP contribution in [0.4, 0.5) is 16.2 Å². The molecule has 3 rings (SSSR count). The highest BCUT2D eigenvalue weighted by Crippen LogP contribution is 2.29. The summed E-state index contributed by atoms with van der Waals surface area (Å²) in [5, 5.41) is 3.30. The predicted molar refractivity (Wildman–Crippen MR) is 79.6 cm³/mol. The molecule has 0 saturated carbocycles. The monoisotopic (exact) mass is 309 g/mol. The number of amides is 1. The van der Waals surface area contributed by atoms with Crippen molar-refractivity contribution in [1.82, 2.24) is 4.98 Å². The molecule has 1 N–H and O–H groups in total. The second-order valence-electron chi connectivity index (χ2n) is 4.22. The lowest BCUT2D eigenvalue weighted by Gasteiger charge is -2.17. The minimum Gasteiger partial charge on any atom is -0.447 e. The first-order chi connectivity index (χ1) is 9.74. The molecule has 104 valence electrons. The number of rotatable bonds is 4. The topological polar surface area (TPSA) is 54.5 Å². The van der Waals surface area contributed by atoms with E-state index in [-0.39, 0.29) is 6.09 Å². The molecule has 0 radical (unpaired) electrons. The zero-order valence-electron chi connectivity index (χ0n) is 10.5. The van der Waals surface area contributed by atoms with Crippen molar-refractivity contribution in [3.05, 3.63) is 39.8 Å². The fourth-order valence-corrected chi connectivity index (χ4v) is 2.94. The first-order valence-corrected chi connectivity index (χ1v) is 7.31. The molecular weight excluding hydrogens is 298 g/mol. The van der Waals surface area contributed by atoms with Gasteiger partial charge in [0.25, 0.3) is 0 Å². The molecule has 0 spiro atoms. The van der Waals surface area contributed by atoms with E-state index in [9.17, 15) is 4.79 Å². The molecule has 2 heterocycles. The van der Waals surface area contributed by atoms with Gasteiger partial charge in [-0.25, -0.2) is 9.78 Å². The maximum atomic E-state index is 11.7. The molecule has 1 aromatic heterocycles. The molecule has 20 heavy (non-hydrogen) atoms. The molecule has 1 aromatic carbocycles. The Morgan fingerprint density at radius 1 is 1.45 bits per heavy atom. The van der Waals surface area contributed by atoms with Crippen molar-refractivity contribution >= 4 is 40.4 Å². The Bertz CT molecular complexity index is 632. The van der Waals surface area contributed by atoms with Gasteiger partial charge in [-0.05, 0) is 12.1 Å². The van der Waals surface area contributed by atoms with Crippen molar-refractivity contribution in [1.29, 1.82) is 0 Å². The third-order valence-corrected chi connectivity index (χ3v) is 4.05. The smallest absolute Gasteiger partial charge is 0.414 e. The van der Waals surface area contributed by atoms with Crippen LogP contribution in [0.15, 0.2) is 30.5 Å². The maximum absolute atomic E-state index is 11.7. The van der Waals surface area contributed by atoms with Crippen LogP contribution >= 0.6 is 22.9 Å². The number of anilines is 2. The molecule has 1 amide bonds. The third-order valence-electron chi connectivity index (χ3n) is 2.93. The number of nitrogens with one attached hydrogen (secondary N) is 1. The molecule has 0 aliphatic carbocycles. The van der Waals surface area contributed by atoms with E-state index in [0.29, 0.717) is 24.2 Å². The van der Waals surface area contributed by atoms with E-state index >= 15 is 0 Å². The van der Waals surface area contributed by atoms with Crippen LogP contribution in [0.2, 0.25) is 4.47 Å². The number of halogens is 1. The van der Waals surface area contributed by atoms with Crippen LogP contribution in [0.5, 0.6) is 0 Å². The summed E-state index contributed by atoms with van der Waals surface area (Å²) in [4.78, 5) is 18.3. The quantitative estimate of drug-likeness (QED) is 0.941. The average Bonchev–Trinajstić information content (AvgIpc) is 3.05. The number of carbonyl (C=O) groups is 1. The van der Waals surface area contributed by atoms with Gasteiger partial charge >= 0.3 is 6.09 Å². The fraction of sp³-hybridized carbons (Fsp3) is 0.231. The third kappa shape index (κ3) is 2.71. The number of para-hydroxylation sites is 2. The number of hydrogen-bond acceptors (Lipinski definition) is 5. The lowest BCUT2D eigenvalue weighted by molar-refractivity contribution is 0.181. The normalized spacial score (nSPS) is 14.4. The minimum atomic E-state index is -0.305. The van der Waals surface area contributed by atoms with Gasteiger partial charge < -0.3 is 10.1 Å². The molecule has 1 saturated heterocycles. The van der Waals surface area contributed by atoms with Crippen molar-refractivity contribution < 1.29 is 9.53 Å². The van der Waals surface area contributed by atoms with Crippen LogP contribution in [-0.2, 0) is 11.3 Å². The van der Waals surface area contributed by atoms with Crippen LogP contribution < -0.4 is 10.2 Å². The van der Waals surface area contributed by atoms with Gasteiger partial charge in [-0.15, -0.1) is 11.3 Å². The average molecular weight is 310 g/mol. The SMILES string of the molecule is O=C1OCCN1c1ccccc1NCc1cnc(Cl)s1. The van der Waals surface area contributed by atoms with E-state index < -0.39 is 0 Å². The standard InChI is InChI=1S/C13H12ClN3O2S/c14-12-16-8-9(20-12)7-15-10-3-1-2-4-11(10)17-5-6-19-13(17)18/h1-4,8,15H,5-7H2. The number of ether oxygens (including phenoxy) is 1. The van der Waals surface area contributed by atoms with E-state index in [2.05, 4.69) is 10.3 Å². The maximum Gasteiger partial charge on any atom is 0.414 e. The highest BCUT2D eigenvalue weighted by Gasteiger charge is 2.25. The second kappa shape index (κ2) is 5.68. The first-order valence-electron chi connectivity index (χ1n) is 6.11. The molecule has 1 aliphatic heterocycles. The Labute approximate surface area is 125 Å². The van der Waals surface area contributed by atoms with Gasteiger partial charge in [0.2, 0.25) is 0 Å². The number of carbonyl (C=O) groups excluding carboxylic acids is 1. The number of aromatic nitrogens is 1. The van der Waals surface area contributed by atoms with Gasteiger partial charge in [0, 0.05) is 11.1 Å². The molecule has 7 heteroatoms. The van der Waals surface area contributed by atoms with Gasteiger partial charge in [0.15, 0.2) is 4.47 Å². The summed E-state index contributed by atoms with van der Waals surface area (Å²) in [7, 11) is 0. The van der Waals surface area contributed by atoms with E-state index in [1.54, 1.807) is 11.1 Å². The van der Waals surface area contributed by atoms with Crippen molar-refractivity contribution in [2.45, 2.75) is 6.54 Å². The zero-order valence-corrected chi connectivity index (χ0v) is 12.1. The summed E-state index contributed by atoms with van der Waals surface area (Å²) in [5.74, 6) is 0. The van der Waals surface area contributed by atoms with Gasteiger partial charge in [0.1, 0.15) is 6.61 Å². The minimum absolute atomic E-state index is 0.305. The Kier molecular flexibility index (Phi) is 3.75. The molecule has 1 aliphatic rings. The van der Waals surface area contributed by atoms with Gasteiger partial charge in [0.05, 0.1) is 24.5 Å². The highest BCUT2D eigenvalue weighted by molar-refractivity contribution is 7.15. The summed E-state index contributed by atoms with van der Waals surface area (Å²) < 4.78 is 5.50. The summed E-state index contributed by atoms with van der Waals surface area (Å²) >= 11 is 7.24. The number of cyclic esters (lactones) is 1. The Morgan fingerprint density at radius 2 is 2.30 bits per heavy atom. The number of nitrogens with zero attached hydrogens (tertiary/aromatic N) is 2. The summed E-state index contributed by atoms with van der Waals surface area (Å²) in [6, 6.07) is 7.65. The number of hydrogen-bond donors (Lipinski definition) is 1. The van der Waals surface area contributed by atoms with Crippen LogP contribution in [-0.4, -0.2) is 24.2 Å². The summed E-state index contributed by atoms with van der Waals surface area (Å²) in [6.45, 7) is 1.62. The fourth-order valence-electron chi connectivity index (χ4n) is 2.02. The molecule has 0 bridgehead atoms. The van der Waals surface area contributed by atoms with Gasteiger partial charge in [-0.1, -0.05) is 23.7 Å². The summed E-state index contributed by atoms with van der Waals surface area (Å²) in [6.07, 6.45) is 1.44. The lowest BCUT2D eigenvalue weighted by Crippen LogP contribution is -2.24. The lowest BCUT2D eigenvalue weighted by atomic mass is 10.2. The van der Waals surface area contributed by atoms with E-state index in [4.69, 9.17) is 16.3 Å². The van der Waals surface area contributed by atoms with Crippen molar-refractivity contribution in [2.24, 2.45) is 0 Å². The Balaban J connectivity index is 1.77. The highest BCUT2D eigenvalue weighted by atomic mass is 35.5. The number of benzene rings is 1. The molecule has 1 fully saturated rings. The predicted octanol–water partition coefficient (Wildman–Crippen LogP) is 3.37. The largest absolute Gasteiger partial charge is 0.447 e. The molecule has 2 aromatic rings. The summed E-state index contributed by atoms with van der Waals surface area (Å²) in [5.41, 5.74) is 1.71. The van der Waals surface area contributed by atoms with E-state index in [1.807, 2.05) is 24.3 Å². The van der Waals surface area contributed by atoms with Crippen LogP contribution in [0.1, 0.15) is 4.88 Å². The first kappa shape index (κ1) is 13.2. The van der Waals surface area contributed by atoms with Crippen LogP contribution in [0.3, 0.4) is 0 Å². The van der Waals surface area contributed by atoms with Crippen molar-refractivity contribution in [3.8, 4) is 0 Å². The van der Waals surface area contributed by atoms with Crippen LogP contribution in [0.25, 0.3) is 0 Å². The van der Waals surface area contributed by atoms with Crippen molar-refractivity contribution in [3.63, 3.8) is 0 Å². The van der Waals surface area contributed by atoms with Gasteiger partial charge in [-0.2, -0.15) is 0 Å². The Morgan fingerprint density at radius 3 is 3.00 bits per heavy atom. The zero-order chi connectivity index (χ0) is 13.9. The molecule has 0 atom stereocenters. The molecule has 0 unspecified atom stereocenters.